The smallest absolute Gasteiger partial charge is 0.353 e. The number of piperazine rings is 1. The number of aromatic nitrogens is 1. The molecule has 1 aromatic heterocycles. The van der Waals surface area contributed by atoms with Crippen LogP contribution in [0, 0.1) is 0 Å². The highest BCUT2D eigenvalue weighted by Crippen LogP contribution is 2.33. The van der Waals surface area contributed by atoms with Gasteiger partial charge < -0.3 is 9.80 Å². The number of pyridine rings is 1. The molecule has 3 heterocycles. The second kappa shape index (κ2) is 8.10. The number of alkyl halides is 3. The third kappa shape index (κ3) is 4.99. The van der Waals surface area contributed by atoms with Gasteiger partial charge in [0.15, 0.2) is 0 Å². The number of anilines is 1. The van der Waals surface area contributed by atoms with E-state index in [1.807, 2.05) is 4.90 Å². The lowest BCUT2D eigenvalue weighted by Crippen LogP contribution is -2.49. The van der Waals surface area contributed by atoms with Crippen LogP contribution in [0.4, 0.5) is 19.0 Å². The second-order valence-corrected chi connectivity index (χ2v) is 7.17. The zero-order chi connectivity index (χ0) is 17.9. The molecular weight excluding hydrogens is 353 g/mol. The quantitative estimate of drug-likeness (QED) is 0.803. The summed E-state index contributed by atoms with van der Waals surface area (Å²) in [5, 5.41) is 0.0663. The highest BCUT2D eigenvalue weighted by molar-refractivity contribution is 6.33. The second-order valence-electron chi connectivity index (χ2n) is 6.76. The summed E-state index contributed by atoms with van der Waals surface area (Å²) in [6.45, 7) is 7.77. The van der Waals surface area contributed by atoms with Crippen molar-refractivity contribution >= 4 is 17.4 Å². The van der Waals surface area contributed by atoms with Gasteiger partial charge in [-0.15, -0.1) is 0 Å². The molecule has 2 aliphatic rings. The molecule has 0 bridgehead atoms. The summed E-state index contributed by atoms with van der Waals surface area (Å²) in [4.78, 5) is 10.9. The first-order chi connectivity index (χ1) is 11.9. The van der Waals surface area contributed by atoms with E-state index in [0.717, 1.165) is 51.5 Å². The summed E-state index contributed by atoms with van der Waals surface area (Å²) in [5.74, 6) is 0.449. The monoisotopic (exact) mass is 376 g/mol. The summed E-state index contributed by atoms with van der Waals surface area (Å²) >= 11 is 6.04. The van der Waals surface area contributed by atoms with Gasteiger partial charge in [0.1, 0.15) is 5.82 Å². The minimum atomic E-state index is -4.41. The van der Waals surface area contributed by atoms with E-state index < -0.39 is 11.7 Å². The molecule has 1 aromatic rings. The Morgan fingerprint density at radius 2 is 1.52 bits per heavy atom. The Balaban J connectivity index is 1.50. The summed E-state index contributed by atoms with van der Waals surface area (Å²) in [5.41, 5.74) is -0.804. The molecule has 0 amide bonds. The Labute approximate surface area is 151 Å². The zero-order valence-corrected chi connectivity index (χ0v) is 15.0. The molecule has 8 heteroatoms. The van der Waals surface area contributed by atoms with Gasteiger partial charge in [-0.3, -0.25) is 4.90 Å². The minimum absolute atomic E-state index is 0.0663. The van der Waals surface area contributed by atoms with Gasteiger partial charge in [-0.2, -0.15) is 13.2 Å². The van der Waals surface area contributed by atoms with Gasteiger partial charge in [-0.05, 0) is 32.0 Å². The molecule has 0 N–H and O–H groups in total. The van der Waals surface area contributed by atoms with E-state index in [1.165, 1.54) is 32.4 Å². The van der Waals surface area contributed by atoms with Gasteiger partial charge in [0, 0.05) is 45.5 Å². The first-order valence-electron chi connectivity index (χ1n) is 8.86. The maximum Gasteiger partial charge on any atom is 0.417 e. The average Bonchev–Trinajstić information content (AvgIpc) is 2.60. The number of hydrogen-bond donors (Lipinski definition) is 0. The summed E-state index contributed by atoms with van der Waals surface area (Å²) in [6, 6.07) is 0.965. The Morgan fingerprint density at radius 1 is 0.920 bits per heavy atom. The van der Waals surface area contributed by atoms with E-state index in [2.05, 4.69) is 14.8 Å². The molecule has 0 radical (unpaired) electrons. The number of halogens is 4. The minimum Gasteiger partial charge on any atom is -0.353 e. The van der Waals surface area contributed by atoms with Gasteiger partial charge in [0.05, 0.1) is 10.6 Å². The number of nitrogens with zero attached hydrogens (tertiary/aromatic N) is 4. The highest BCUT2D eigenvalue weighted by atomic mass is 35.5. The fourth-order valence-corrected chi connectivity index (χ4v) is 3.75. The van der Waals surface area contributed by atoms with Crippen molar-refractivity contribution in [2.75, 3.05) is 57.3 Å². The van der Waals surface area contributed by atoms with E-state index in [-0.39, 0.29) is 5.02 Å². The molecule has 0 spiro atoms. The van der Waals surface area contributed by atoms with Gasteiger partial charge in [-0.1, -0.05) is 18.0 Å². The molecule has 0 aromatic carbocycles. The molecule has 25 heavy (non-hydrogen) atoms. The molecule has 3 rings (SSSR count). The maximum atomic E-state index is 12.7. The summed E-state index contributed by atoms with van der Waals surface area (Å²) in [7, 11) is 0. The summed E-state index contributed by atoms with van der Waals surface area (Å²) in [6.07, 6.45) is 0.389. The van der Waals surface area contributed by atoms with Crippen LogP contribution >= 0.6 is 11.6 Å². The first-order valence-corrected chi connectivity index (χ1v) is 9.24. The van der Waals surface area contributed by atoms with Crippen molar-refractivity contribution in [2.24, 2.45) is 0 Å². The van der Waals surface area contributed by atoms with Crippen LogP contribution < -0.4 is 4.90 Å². The van der Waals surface area contributed by atoms with Gasteiger partial charge in [0.25, 0.3) is 0 Å². The van der Waals surface area contributed by atoms with Crippen molar-refractivity contribution in [1.82, 2.24) is 14.8 Å². The molecule has 2 fully saturated rings. The molecule has 0 atom stereocenters. The standard InChI is InChI=1S/C17H24ClF3N4/c18-15-12-14(17(19,20)21)13-22-16(15)25-10-8-24(9-11-25)7-6-23-4-2-1-3-5-23/h12-13H,1-11H2. The lowest BCUT2D eigenvalue weighted by molar-refractivity contribution is -0.137. The molecule has 0 saturated carbocycles. The van der Waals surface area contributed by atoms with E-state index in [4.69, 9.17) is 11.6 Å². The fourth-order valence-electron chi connectivity index (χ4n) is 3.47. The van der Waals surface area contributed by atoms with Crippen LogP contribution in [-0.4, -0.2) is 67.1 Å². The molecule has 140 valence electrons. The molecule has 2 aliphatic heterocycles. The largest absolute Gasteiger partial charge is 0.417 e. The van der Waals surface area contributed by atoms with Crippen molar-refractivity contribution in [1.29, 1.82) is 0 Å². The SMILES string of the molecule is FC(F)(F)c1cnc(N2CCN(CCN3CCCCC3)CC2)c(Cl)c1. The average molecular weight is 377 g/mol. The van der Waals surface area contributed by atoms with Crippen molar-refractivity contribution in [3.63, 3.8) is 0 Å². The van der Waals surface area contributed by atoms with Crippen LogP contribution in [0.1, 0.15) is 24.8 Å². The van der Waals surface area contributed by atoms with Crippen LogP contribution in [-0.2, 0) is 6.18 Å². The van der Waals surface area contributed by atoms with Gasteiger partial charge in [0.2, 0.25) is 0 Å². The Hall–Kier alpha value is -1.05. The zero-order valence-electron chi connectivity index (χ0n) is 14.2. The van der Waals surface area contributed by atoms with E-state index in [1.54, 1.807) is 0 Å². The van der Waals surface area contributed by atoms with Gasteiger partial charge in [-0.25, -0.2) is 4.98 Å². The molecule has 2 saturated heterocycles. The number of likely N-dealkylation sites (tertiary alicyclic amines) is 1. The van der Waals surface area contributed by atoms with E-state index in [0.29, 0.717) is 5.82 Å². The van der Waals surface area contributed by atoms with Crippen LogP contribution in [0.3, 0.4) is 0 Å². The Bertz CT molecular complexity index is 568. The van der Waals surface area contributed by atoms with Crippen LogP contribution in [0.25, 0.3) is 0 Å². The normalized spacial score (nSPS) is 20.9. The van der Waals surface area contributed by atoms with Gasteiger partial charge >= 0.3 is 6.18 Å². The van der Waals surface area contributed by atoms with Crippen LogP contribution in [0.2, 0.25) is 5.02 Å². The topological polar surface area (TPSA) is 22.6 Å². The van der Waals surface area contributed by atoms with E-state index in [9.17, 15) is 13.2 Å². The molecule has 0 aliphatic carbocycles. The molecule has 4 nitrogen and oxygen atoms in total. The summed E-state index contributed by atoms with van der Waals surface area (Å²) < 4.78 is 38.1. The predicted octanol–water partition coefficient (Wildman–Crippen LogP) is 3.36. The first kappa shape index (κ1) is 18.7. The number of hydrogen-bond acceptors (Lipinski definition) is 4. The van der Waals surface area contributed by atoms with Crippen LogP contribution in [0.15, 0.2) is 12.3 Å². The Kier molecular flexibility index (Phi) is 6.07. The maximum absolute atomic E-state index is 12.7. The van der Waals surface area contributed by atoms with Crippen LogP contribution in [0.5, 0.6) is 0 Å². The van der Waals surface area contributed by atoms with Crippen molar-refractivity contribution < 1.29 is 13.2 Å². The number of rotatable bonds is 4. The van der Waals surface area contributed by atoms with E-state index >= 15 is 0 Å². The predicted molar refractivity (Wildman–Crippen MR) is 93.2 cm³/mol. The van der Waals surface area contributed by atoms with Crippen molar-refractivity contribution in [3.05, 3.63) is 22.8 Å². The third-order valence-electron chi connectivity index (χ3n) is 5.00. The Morgan fingerprint density at radius 3 is 2.08 bits per heavy atom. The third-order valence-corrected chi connectivity index (χ3v) is 5.28. The van der Waals surface area contributed by atoms with Crippen molar-refractivity contribution in [2.45, 2.75) is 25.4 Å². The number of piperidine rings is 1. The lowest BCUT2D eigenvalue weighted by Gasteiger charge is -2.37. The molecular formula is C17H24ClF3N4. The lowest BCUT2D eigenvalue weighted by atomic mass is 10.1. The molecule has 0 unspecified atom stereocenters. The van der Waals surface area contributed by atoms with Crippen molar-refractivity contribution in [3.8, 4) is 0 Å². The highest BCUT2D eigenvalue weighted by Gasteiger charge is 2.32. The fraction of sp³-hybridized carbons (Fsp3) is 0.706.